The van der Waals surface area contributed by atoms with Crippen molar-refractivity contribution in [3.63, 3.8) is 0 Å². The van der Waals surface area contributed by atoms with E-state index in [9.17, 15) is 21.2 Å². The average molecular weight is 386 g/mol. The molecule has 0 unspecified atom stereocenters. The van der Waals surface area contributed by atoms with E-state index in [1.165, 1.54) is 13.2 Å². The van der Waals surface area contributed by atoms with Crippen LogP contribution in [-0.4, -0.2) is 23.9 Å². The van der Waals surface area contributed by atoms with E-state index in [4.69, 9.17) is 9.88 Å². The standard InChI is InChI=1S/C15H15FN2O5S2/c1-23-14-5-3-2-4-11(14)8-9-18(24(19)20)13-10-12(16)6-7-15(13)25(17,21)22/h2-10,24H,1H3,(H2,17,21,22). The maximum absolute atomic E-state index is 13.5. The molecular weight excluding hydrogens is 371 g/mol. The number of benzene rings is 2. The van der Waals surface area contributed by atoms with E-state index < -0.39 is 37.3 Å². The zero-order valence-electron chi connectivity index (χ0n) is 13.0. The van der Waals surface area contributed by atoms with Gasteiger partial charge in [-0.05, 0) is 30.3 Å². The molecule has 2 N–H and O–H groups in total. The first kappa shape index (κ1) is 18.9. The smallest absolute Gasteiger partial charge is 0.240 e. The lowest BCUT2D eigenvalue weighted by molar-refractivity contribution is 0.414. The first-order valence-corrected chi connectivity index (χ1v) is 9.49. The van der Waals surface area contributed by atoms with Crippen LogP contribution >= 0.6 is 0 Å². The van der Waals surface area contributed by atoms with Crippen LogP contribution in [-0.2, 0) is 20.9 Å². The zero-order valence-corrected chi connectivity index (χ0v) is 14.7. The quantitative estimate of drug-likeness (QED) is 0.732. The van der Waals surface area contributed by atoms with E-state index in [1.54, 1.807) is 24.3 Å². The molecule has 134 valence electrons. The molecule has 0 atom stereocenters. The number of nitrogens with two attached hydrogens (primary N) is 1. The maximum Gasteiger partial charge on any atom is 0.240 e. The number of nitrogens with zero attached hydrogens (tertiary/aromatic N) is 1. The number of para-hydroxylation sites is 1. The molecule has 10 heteroatoms. The Bertz CT molecular complexity index is 979. The molecule has 25 heavy (non-hydrogen) atoms. The number of primary sulfonamides is 1. The number of hydrogen-bond donors (Lipinski definition) is 2. The molecule has 0 saturated heterocycles. The van der Waals surface area contributed by atoms with Gasteiger partial charge in [0.2, 0.25) is 20.9 Å². The topological polar surface area (TPSA) is 107 Å². The zero-order chi connectivity index (χ0) is 18.6. The minimum atomic E-state index is -4.26. The summed E-state index contributed by atoms with van der Waals surface area (Å²) >= 11 is 0. The van der Waals surface area contributed by atoms with Crippen molar-refractivity contribution in [1.29, 1.82) is 0 Å². The summed E-state index contributed by atoms with van der Waals surface area (Å²) in [5.74, 6) is -0.333. The highest BCUT2D eigenvalue weighted by Crippen LogP contribution is 2.27. The van der Waals surface area contributed by atoms with Crippen molar-refractivity contribution in [3.8, 4) is 5.75 Å². The van der Waals surface area contributed by atoms with Gasteiger partial charge in [-0.15, -0.1) is 0 Å². The summed E-state index contributed by atoms with van der Waals surface area (Å²) in [6, 6.07) is 9.33. The van der Waals surface area contributed by atoms with Crippen molar-refractivity contribution in [2.24, 2.45) is 5.14 Å². The summed E-state index contributed by atoms with van der Waals surface area (Å²) in [7, 11) is -6.12. The fourth-order valence-electron chi connectivity index (χ4n) is 2.09. The normalized spacial score (nSPS) is 11.8. The van der Waals surface area contributed by atoms with E-state index in [0.29, 0.717) is 15.6 Å². The largest absolute Gasteiger partial charge is 0.496 e. The molecule has 2 aromatic carbocycles. The van der Waals surface area contributed by atoms with Crippen LogP contribution in [0.1, 0.15) is 5.56 Å². The Morgan fingerprint density at radius 1 is 1.20 bits per heavy atom. The molecule has 0 fully saturated rings. The highest BCUT2D eigenvalue weighted by molar-refractivity contribution is 7.89. The molecule has 0 aliphatic carbocycles. The third-order valence-corrected chi connectivity index (χ3v) is 4.84. The Labute approximate surface area is 146 Å². The predicted molar refractivity (Wildman–Crippen MR) is 92.6 cm³/mol. The van der Waals surface area contributed by atoms with Gasteiger partial charge in [-0.25, -0.2) is 30.7 Å². The van der Waals surface area contributed by atoms with Crippen LogP contribution in [0.2, 0.25) is 0 Å². The van der Waals surface area contributed by atoms with Crippen molar-refractivity contribution in [2.75, 3.05) is 11.4 Å². The molecule has 0 aliphatic heterocycles. The molecule has 0 bridgehead atoms. The fraction of sp³-hybridized carbons (Fsp3) is 0.0667. The number of rotatable bonds is 6. The number of thiol groups is 1. The lowest BCUT2D eigenvalue weighted by Gasteiger charge is -2.16. The third kappa shape index (κ3) is 4.56. The summed E-state index contributed by atoms with van der Waals surface area (Å²) in [6.45, 7) is 0. The molecule has 2 rings (SSSR count). The molecular formula is C15H15FN2O5S2. The predicted octanol–water partition coefficient (Wildman–Crippen LogP) is 1.49. The van der Waals surface area contributed by atoms with E-state index in [1.807, 2.05) is 0 Å². The van der Waals surface area contributed by atoms with Crippen LogP contribution in [0.15, 0.2) is 53.6 Å². The van der Waals surface area contributed by atoms with Gasteiger partial charge in [0.1, 0.15) is 16.5 Å². The van der Waals surface area contributed by atoms with Crippen LogP contribution in [0, 0.1) is 5.82 Å². The summed E-state index contributed by atoms with van der Waals surface area (Å²) in [5, 5.41) is 5.08. The van der Waals surface area contributed by atoms with Gasteiger partial charge in [0.15, 0.2) is 0 Å². The first-order chi connectivity index (χ1) is 11.7. The minimum Gasteiger partial charge on any atom is -0.496 e. The van der Waals surface area contributed by atoms with Gasteiger partial charge in [-0.1, -0.05) is 18.2 Å². The molecule has 0 amide bonds. The second kappa shape index (κ2) is 7.64. The van der Waals surface area contributed by atoms with E-state index in [2.05, 4.69) is 0 Å². The Hall–Kier alpha value is -2.43. The van der Waals surface area contributed by atoms with E-state index in [0.717, 1.165) is 24.4 Å². The van der Waals surface area contributed by atoms with Crippen molar-refractivity contribution >= 4 is 32.7 Å². The van der Waals surface area contributed by atoms with Crippen LogP contribution in [0.4, 0.5) is 10.1 Å². The van der Waals surface area contributed by atoms with Crippen molar-refractivity contribution in [2.45, 2.75) is 4.90 Å². The molecule has 0 aromatic heterocycles. The SMILES string of the molecule is COc1ccccc1C=CN(c1cc(F)ccc1S(N)(=O)=O)[SH](=O)=O. The number of halogens is 1. The summed E-state index contributed by atoms with van der Waals surface area (Å²) in [4.78, 5) is -0.516. The number of anilines is 1. The van der Waals surface area contributed by atoms with Gasteiger partial charge in [0, 0.05) is 11.8 Å². The molecule has 0 saturated carbocycles. The fourth-order valence-corrected chi connectivity index (χ4v) is 3.38. The minimum absolute atomic E-state index is 0.412. The van der Waals surface area contributed by atoms with Gasteiger partial charge in [0.05, 0.1) is 12.8 Å². The monoisotopic (exact) mass is 386 g/mol. The summed E-state index contributed by atoms with van der Waals surface area (Å²) in [6.07, 6.45) is 2.48. The number of sulfonamides is 1. The molecule has 0 radical (unpaired) electrons. The highest BCUT2D eigenvalue weighted by atomic mass is 32.2. The van der Waals surface area contributed by atoms with Crippen molar-refractivity contribution in [3.05, 3.63) is 60.0 Å². The molecule has 0 aliphatic rings. The lowest BCUT2D eigenvalue weighted by Crippen LogP contribution is -2.20. The van der Waals surface area contributed by atoms with Gasteiger partial charge < -0.3 is 4.74 Å². The van der Waals surface area contributed by atoms with Crippen LogP contribution in [0.5, 0.6) is 5.75 Å². The van der Waals surface area contributed by atoms with Crippen molar-refractivity contribution < 1.29 is 26.0 Å². The Morgan fingerprint density at radius 2 is 1.88 bits per heavy atom. The second-order valence-electron chi connectivity index (χ2n) is 4.80. The molecule has 2 aromatic rings. The van der Waals surface area contributed by atoms with Gasteiger partial charge in [-0.2, -0.15) is 0 Å². The molecule has 7 nitrogen and oxygen atoms in total. The van der Waals surface area contributed by atoms with Crippen LogP contribution in [0.25, 0.3) is 6.08 Å². The van der Waals surface area contributed by atoms with Gasteiger partial charge >= 0.3 is 0 Å². The molecule has 0 heterocycles. The maximum atomic E-state index is 13.5. The Balaban J connectivity index is 2.57. The van der Waals surface area contributed by atoms with Crippen LogP contribution in [0.3, 0.4) is 0 Å². The highest BCUT2D eigenvalue weighted by Gasteiger charge is 2.20. The average Bonchev–Trinajstić information content (AvgIpc) is 2.54. The lowest BCUT2D eigenvalue weighted by atomic mass is 10.2. The van der Waals surface area contributed by atoms with Gasteiger partial charge in [0.25, 0.3) is 0 Å². The first-order valence-electron chi connectivity index (χ1n) is 6.81. The van der Waals surface area contributed by atoms with Crippen molar-refractivity contribution in [1.82, 2.24) is 0 Å². The van der Waals surface area contributed by atoms with Gasteiger partial charge in [-0.3, -0.25) is 0 Å². The third-order valence-electron chi connectivity index (χ3n) is 3.18. The summed E-state index contributed by atoms with van der Waals surface area (Å²) in [5.41, 5.74) is 0.130. The second-order valence-corrected chi connectivity index (χ2v) is 7.23. The van der Waals surface area contributed by atoms with E-state index >= 15 is 0 Å². The number of methoxy groups -OCH3 is 1. The van der Waals surface area contributed by atoms with E-state index in [-0.39, 0.29) is 0 Å². The number of hydrogen-bond acceptors (Lipinski definition) is 5. The Kier molecular flexibility index (Phi) is 5.77. The summed E-state index contributed by atoms with van der Waals surface area (Å²) < 4.78 is 65.8. The Morgan fingerprint density at radius 3 is 2.48 bits per heavy atom. The number of ether oxygens (including phenoxy) is 1. The molecule has 0 spiro atoms. The van der Waals surface area contributed by atoms with Crippen LogP contribution < -0.4 is 14.2 Å².